The van der Waals surface area contributed by atoms with E-state index in [0.29, 0.717) is 0 Å². The van der Waals surface area contributed by atoms with Crippen molar-refractivity contribution in [1.82, 2.24) is 0 Å². The third kappa shape index (κ3) is 9.45. The Labute approximate surface area is 121 Å². The van der Waals surface area contributed by atoms with E-state index in [0.717, 1.165) is 12.8 Å². The summed E-state index contributed by atoms with van der Waals surface area (Å²) in [6.07, 6.45) is 9.91. The first kappa shape index (κ1) is 18.9. The lowest BCUT2D eigenvalue weighted by Gasteiger charge is -2.37. The summed E-state index contributed by atoms with van der Waals surface area (Å²) in [6, 6.07) is 0. The lowest BCUT2D eigenvalue weighted by Crippen LogP contribution is -2.40. The second kappa shape index (κ2) is 10.7. The topological polar surface area (TPSA) is 18.5 Å². The second-order valence-corrected chi connectivity index (χ2v) is 6.16. The smallest absolute Gasteiger partial charge is 0.168 e. The first-order valence-corrected chi connectivity index (χ1v) is 8.31. The molecule has 0 radical (unpaired) electrons. The van der Waals surface area contributed by atoms with Gasteiger partial charge in [-0.1, -0.05) is 39.5 Å². The Bertz CT molecular complexity index is 177. The first-order chi connectivity index (χ1) is 8.95. The van der Waals surface area contributed by atoms with Crippen molar-refractivity contribution in [3.63, 3.8) is 0 Å². The molecule has 2 heteroatoms. The van der Waals surface area contributed by atoms with Crippen LogP contribution in [-0.2, 0) is 9.47 Å². The van der Waals surface area contributed by atoms with Crippen LogP contribution in [0.3, 0.4) is 0 Å². The average Bonchev–Trinajstić information content (AvgIpc) is 2.27. The lowest BCUT2D eigenvalue weighted by atomic mass is 10.00. The van der Waals surface area contributed by atoms with Gasteiger partial charge in [0.25, 0.3) is 0 Å². The highest BCUT2D eigenvalue weighted by molar-refractivity contribution is 4.73. The van der Waals surface area contributed by atoms with Gasteiger partial charge >= 0.3 is 0 Å². The van der Waals surface area contributed by atoms with Crippen LogP contribution >= 0.6 is 0 Å². The van der Waals surface area contributed by atoms with E-state index < -0.39 is 0 Å². The molecule has 0 saturated heterocycles. The van der Waals surface area contributed by atoms with E-state index in [-0.39, 0.29) is 18.0 Å². The molecule has 0 N–H and O–H groups in total. The lowest BCUT2D eigenvalue weighted by molar-refractivity contribution is -0.276. The molecule has 0 aliphatic rings. The number of rotatable bonds is 12. The van der Waals surface area contributed by atoms with Gasteiger partial charge in [-0.3, -0.25) is 0 Å². The number of hydrogen-bond donors (Lipinski definition) is 0. The molecular weight excluding hydrogens is 236 g/mol. The van der Waals surface area contributed by atoms with Crippen LogP contribution in [0.5, 0.6) is 0 Å². The van der Waals surface area contributed by atoms with Gasteiger partial charge in [0.1, 0.15) is 0 Å². The van der Waals surface area contributed by atoms with Crippen LogP contribution in [0.4, 0.5) is 0 Å². The van der Waals surface area contributed by atoms with Gasteiger partial charge in [-0.05, 0) is 40.5 Å². The van der Waals surface area contributed by atoms with Gasteiger partial charge in [-0.15, -0.1) is 0 Å². The van der Waals surface area contributed by atoms with Crippen molar-refractivity contribution in [3.05, 3.63) is 0 Å². The molecule has 0 atom stereocenters. The summed E-state index contributed by atoms with van der Waals surface area (Å²) < 4.78 is 12.4. The minimum absolute atomic E-state index is 0.224. The van der Waals surface area contributed by atoms with Crippen LogP contribution in [0.1, 0.15) is 92.9 Å². The minimum Gasteiger partial charge on any atom is -0.347 e. The molecule has 0 aliphatic heterocycles. The van der Waals surface area contributed by atoms with Crippen molar-refractivity contribution >= 4 is 0 Å². The van der Waals surface area contributed by atoms with Crippen LogP contribution in [0.25, 0.3) is 0 Å². The van der Waals surface area contributed by atoms with Gasteiger partial charge in [0, 0.05) is 12.8 Å². The summed E-state index contributed by atoms with van der Waals surface area (Å²) >= 11 is 0. The van der Waals surface area contributed by atoms with Gasteiger partial charge in [-0.25, -0.2) is 0 Å². The molecule has 2 nitrogen and oxygen atoms in total. The van der Waals surface area contributed by atoms with E-state index >= 15 is 0 Å². The van der Waals surface area contributed by atoms with E-state index in [1.165, 1.54) is 38.5 Å². The molecule has 0 heterocycles. The van der Waals surface area contributed by atoms with Gasteiger partial charge in [0.2, 0.25) is 0 Å². The average molecular weight is 272 g/mol. The summed E-state index contributed by atoms with van der Waals surface area (Å²) in [7, 11) is 0. The monoisotopic (exact) mass is 272 g/mol. The molecule has 0 unspecified atom stereocenters. The molecule has 0 aromatic rings. The number of hydrogen-bond acceptors (Lipinski definition) is 2. The van der Waals surface area contributed by atoms with Crippen LogP contribution in [0.15, 0.2) is 0 Å². The fourth-order valence-corrected chi connectivity index (χ4v) is 2.54. The summed E-state index contributed by atoms with van der Waals surface area (Å²) in [4.78, 5) is 0. The molecule has 0 saturated carbocycles. The van der Waals surface area contributed by atoms with Gasteiger partial charge in [0.15, 0.2) is 5.79 Å². The predicted octanol–water partition coefficient (Wildman–Crippen LogP) is 5.69. The highest BCUT2D eigenvalue weighted by atomic mass is 16.7. The van der Waals surface area contributed by atoms with Crippen molar-refractivity contribution in [3.8, 4) is 0 Å². The Balaban J connectivity index is 4.63. The maximum Gasteiger partial charge on any atom is 0.168 e. The standard InChI is InChI=1S/C17H36O2/c1-7-9-11-13-17(18-15(3)4,19-16(5)6)14-12-10-8-2/h15-16H,7-14H2,1-6H3. The fourth-order valence-electron chi connectivity index (χ4n) is 2.54. The Hall–Kier alpha value is -0.0800. The molecule has 19 heavy (non-hydrogen) atoms. The molecular formula is C17H36O2. The molecule has 0 aromatic heterocycles. The van der Waals surface area contributed by atoms with Gasteiger partial charge in [0.05, 0.1) is 12.2 Å². The molecule has 0 bridgehead atoms. The van der Waals surface area contributed by atoms with E-state index in [4.69, 9.17) is 9.47 Å². The predicted molar refractivity (Wildman–Crippen MR) is 83.5 cm³/mol. The highest BCUT2D eigenvalue weighted by Gasteiger charge is 2.33. The third-order valence-corrected chi connectivity index (χ3v) is 3.22. The van der Waals surface area contributed by atoms with E-state index in [1.807, 2.05) is 0 Å². The minimum atomic E-state index is -0.354. The van der Waals surface area contributed by atoms with Crippen LogP contribution in [0, 0.1) is 0 Å². The van der Waals surface area contributed by atoms with Crippen LogP contribution in [-0.4, -0.2) is 18.0 Å². The number of unbranched alkanes of at least 4 members (excludes halogenated alkanes) is 4. The van der Waals surface area contributed by atoms with Gasteiger partial charge < -0.3 is 9.47 Å². The first-order valence-electron chi connectivity index (χ1n) is 8.31. The maximum atomic E-state index is 6.22. The van der Waals surface area contributed by atoms with E-state index in [1.54, 1.807) is 0 Å². The Morgan fingerprint density at radius 1 is 0.684 bits per heavy atom. The van der Waals surface area contributed by atoms with Gasteiger partial charge in [-0.2, -0.15) is 0 Å². The molecule has 0 fully saturated rings. The summed E-state index contributed by atoms with van der Waals surface area (Å²) in [5, 5.41) is 0. The Morgan fingerprint density at radius 3 is 1.32 bits per heavy atom. The molecule has 0 aliphatic carbocycles. The molecule has 0 amide bonds. The van der Waals surface area contributed by atoms with Crippen molar-refractivity contribution in [2.45, 2.75) is 111 Å². The molecule has 0 aromatic carbocycles. The fraction of sp³-hybridized carbons (Fsp3) is 1.00. The van der Waals surface area contributed by atoms with Crippen molar-refractivity contribution in [2.24, 2.45) is 0 Å². The zero-order valence-electron chi connectivity index (χ0n) is 14.1. The second-order valence-electron chi connectivity index (χ2n) is 6.16. The zero-order valence-corrected chi connectivity index (χ0v) is 14.1. The van der Waals surface area contributed by atoms with Crippen LogP contribution in [0.2, 0.25) is 0 Å². The summed E-state index contributed by atoms with van der Waals surface area (Å²) in [5.41, 5.74) is 0. The molecule has 0 spiro atoms. The van der Waals surface area contributed by atoms with Crippen molar-refractivity contribution in [1.29, 1.82) is 0 Å². The van der Waals surface area contributed by atoms with Crippen molar-refractivity contribution in [2.75, 3.05) is 0 Å². The summed E-state index contributed by atoms with van der Waals surface area (Å²) in [5.74, 6) is -0.354. The van der Waals surface area contributed by atoms with Crippen LogP contribution < -0.4 is 0 Å². The molecule has 0 rings (SSSR count). The zero-order chi connectivity index (χ0) is 14.7. The number of ether oxygens (including phenoxy) is 2. The maximum absolute atomic E-state index is 6.22. The SMILES string of the molecule is CCCCCC(CCCCC)(OC(C)C)OC(C)C. The third-order valence-electron chi connectivity index (χ3n) is 3.22. The van der Waals surface area contributed by atoms with Crippen molar-refractivity contribution < 1.29 is 9.47 Å². The van der Waals surface area contributed by atoms with E-state index in [9.17, 15) is 0 Å². The molecule has 116 valence electrons. The quantitative estimate of drug-likeness (QED) is 0.335. The Kier molecular flexibility index (Phi) is 10.6. The Morgan fingerprint density at radius 2 is 1.05 bits per heavy atom. The van der Waals surface area contributed by atoms with E-state index in [2.05, 4.69) is 41.5 Å². The highest BCUT2D eigenvalue weighted by Crippen LogP contribution is 2.31. The normalized spacial score (nSPS) is 12.6. The largest absolute Gasteiger partial charge is 0.347 e. The summed E-state index contributed by atoms with van der Waals surface area (Å²) in [6.45, 7) is 12.9.